The molecule has 0 spiro atoms. The second-order valence-corrected chi connectivity index (χ2v) is 7.14. The van der Waals surface area contributed by atoms with Crippen molar-refractivity contribution in [2.24, 2.45) is 0 Å². The van der Waals surface area contributed by atoms with Crippen molar-refractivity contribution in [3.63, 3.8) is 0 Å². The third kappa shape index (κ3) is 4.69. The molecule has 0 saturated heterocycles. The molecule has 2 aliphatic rings. The molecule has 0 atom stereocenters. The van der Waals surface area contributed by atoms with Crippen LogP contribution < -0.4 is 0 Å². The molecule has 4 nitrogen and oxygen atoms in total. The van der Waals surface area contributed by atoms with Crippen LogP contribution in [-0.2, 0) is 9.47 Å². The first-order valence-electron chi connectivity index (χ1n) is 4.98. The van der Waals surface area contributed by atoms with Gasteiger partial charge in [0.15, 0.2) is 0 Å². The SMILES string of the molecule is CC1=COCCS1.CC1=COCCS1(O)O. The van der Waals surface area contributed by atoms with Gasteiger partial charge in [0.25, 0.3) is 0 Å². The molecule has 2 N–H and O–H groups in total. The summed E-state index contributed by atoms with van der Waals surface area (Å²) < 4.78 is 28.1. The Morgan fingerprint density at radius 1 is 1.19 bits per heavy atom. The van der Waals surface area contributed by atoms with Crippen molar-refractivity contribution in [3.05, 3.63) is 22.3 Å². The second kappa shape index (κ2) is 6.44. The first kappa shape index (κ1) is 13.8. The van der Waals surface area contributed by atoms with Crippen molar-refractivity contribution in [1.82, 2.24) is 0 Å². The van der Waals surface area contributed by atoms with Crippen molar-refractivity contribution in [2.75, 3.05) is 24.7 Å². The number of allylic oxidation sites excluding steroid dienone is 2. The highest BCUT2D eigenvalue weighted by Gasteiger charge is 2.18. The van der Waals surface area contributed by atoms with E-state index in [-0.39, 0.29) is 0 Å². The third-order valence-electron chi connectivity index (χ3n) is 2.03. The molecular weight excluding hydrogens is 248 g/mol. The van der Waals surface area contributed by atoms with Crippen LogP contribution in [0.4, 0.5) is 0 Å². The summed E-state index contributed by atoms with van der Waals surface area (Å²) in [6, 6.07) is 0. The summed E-state index contributed by atoms with van der Waals surface area (Å²) in [5.74, 6) is 1.46. The minimum Gasteiger partial charge on any atom is -0.500 e. The van der Waals surface area contributed by atoms with Crippen LogP contribution in [-0.4, -0.2) is 33.8 Å². The Balaban J connectivity index is 0.000000165. The highest BCUT2D eigenvalue weighted by atomic mass is 32.3. The van der Waals surface area contributed by atoms with Crippen molar-refractivity contribution in [3.8, 4) is 0 Å². The Kier molecular flexibility index (Phi) is 5.54. The quantitative estimate of drug-likeness (QED) is 0.705. The fraction of sp³-hybridized carbons (Fsp3) is 0.600. The van der Waals surface area contributed by atoms with Gasteiger partial charge >= 0.3 is 0 Å². The molecule has 0 unspecified atom stereocenters. The Labute approximate surface area is 102 Å². The van der Waals surface area contributed by atoms with Gasteiger partial charge in [0, 0.05) is 10.7 Å². The Morgan fingerprint density at radius 2 is 1.88 bits per heavy atom. The van der Waals surface area contributed by atoms with E-state index in [9.17, 15) is 0 Å². The zero-order chi connectivity index (χ0) is 12.0. The van der Waals surface area contributed by atoms with Gasteiger partial charge in [-0.2, -0.15) is 10.6 Å². The predicted octanol–water partition coefficient (Wildman–Crippen LogP) is 3.24. The molecule has 0 amide bonds. The van der Waals surface area contributed by atoms with Crippen LogP contribution in [0.5, 0.6) is 0 Å². The molecule has 0 saturated carbocycles. The minimum absolute atomic E-state index is 0.343. The van der Waals surface area contributed by atoms with Crippen molar-refractivity contribution >= 4 is 22.4 Å². The van der Waals surface area contributed by atoms with E-state index in [1.54, 1.807) is 6.92 Å². The van der Waals surface area contributed by atoms with Crippen molar-refractivity contribution < 1.29 is 18.6 Å². The van der Waals surface area contributed by atoms with E-state index in [4.69, 9.17) is 18.6 Å². The lowest BCUT2D eigenvalue weighted by molar-refractivity contribution is 0.258. The maximum absolute atomic E-state index is 9.13. The molecule has 0 aromatic rings. The van der Waals surface area contributed by atoms with Gasteiger partial charge in [-0.1, -0.05) is 0 Å². The van der Waals surface area contributed by atoms with Gasteiger partial charge in [-0.05, 0) is 13.8 Å². The van der Waals surface area contributed by atoms with Crippen LogP contribution in [0.3, 0.4) is 0 Å². The average Bonchev–Trinajstić information content (AvgIpc) is 2.24. The van der Waals surface area contributed by atoms with Crippen LogP contribution in [0, 0.1) is 0 Å². The Hall–Kier alpha value is -0.300. The molecule has 6 heteroatoms. The van der Waals surface area contributed by atoms with E-state index in [0.717, 1.165) is 12.4 Å². The predicted molar refractivity (Wildman–Crippen MR) is 69.6 cm³/mol. The van der Waals surface area contributed by atoms with E-state index in [2.05, 4.69) is 6.92 Å². The fourth-order valence-corrected chi connectivity index (χ4v) is 2.55. The molecular formula is C10H18O4S2. The van der Waals surface area contributed by atoms with Crippen molar-refractivity contribution in [2.45, 2.75) is 13.8 Å². The van der Waals surface area contributed by atoms with E-state index in [0.29, 0.717) is 17.3 Å². The normalized spacial score (nSPS) is 24.8. The summed E-state index contributed by atoms with van der Waals surface area (Å²) in [4.78, 5) is 1.83. The van der Waals surface area contributed by atoms with E-state index < -0.39 is 10.6 Å². The first-order valence-corrected chi connectivity index (χ1v) is 7.68. The minimum atomic E-state index is -2.43. The van der Waals surface area contributed by atoms with Crippen LogP contribution in [0.2, 0.25) is 0 Å². The molecule has 2 heterocycles. The van der Waals surface area contributed by atoms with E-state index in [1.807, 2.05) is 18.0 Å². The Bertz CT molecular complexity index is 287. The van der Waals surface area contributed by atoms with Gasteiger partial charge in [0.05, 0.1) is 23.5 Å². The number of ether oxygens (including phenoxy) is 2. The van der Waals surface area contributed by atoms with Gasteiger partial charge in [0.1, 0.15) is 12.9 Å². The summed E-state index contributed by atoms with van der Waals surface area (Å²) >= 11 is 1.85. The molecule has 0 radical (unpaired) electrons. The van der Waals surface area contributed by atoms with Gasteiger partial charge < -0.3 is 9.47 Å². The molecule has 0 fully saturated rings. The molecule has 0 aromatic carbocycles. The first-order chi connectivity index (χ1) is 7.52. The maximum atomic E-state index is 9.13. The van der Waals surface area contributed by atoms with Gasteiger partial charge in [-0.3, -0.25) is 9.11 Å². The second-order valence-electron chi connectivity index (χ2n) is 3.42. The molecule has 0 bridgehead atoms. The van der Waals surface area contributed by atoms with Crippen LogP contribution in [0.1, 0.15) is 13.8 Å². The zero-order valence-electron chi connectivity index (χ0n) is 9.51. The lowest BCUT2D eigenvalue weighted by Crippen LogP contribution is -2.13. The largest absolute Gasteiger partial charge is 0.500 e. The summed E-state index contributed by atoms with van der Waals surface area (Å²) in [6.45, 7) is 5.01. The van der Waals surface area contributed by atoms with E-state index >= 15 is 0 Å². The smallest absolute Gasteiger partial charge is 0.105 e. The highest BCUT2D eigenvalue weighted by molar-refractivity contribution is 8.27. The number of thioether (sulfide) groups is 1. The number of hydrogen-bond donors (Lipinski definition) is 2. The maximum Gasteiger partial charge on any atom is 0.105 e. The van der Waals surface area contributed by atoms with Crippen LogP contribution in [0.25, 0.3) is 0 Å². The monoisotopic (exact) mass is 266 g/mol. The third-order valence-corrected chi connectivity index (χ3v) is 4.82. The molecule has 94 valence electrons. The molecule has 2 aliphatic heterocycles. The molecule has 0 aromatic heterocycles. The summed E-state index contributed by atoms with van der Waals surface area (Å²) in [7, 11) is -2.43. The van der Waals surface area contributed by atoms with Gasteiger partial charge in [-0.15, -0.1) is 11.8 Å². The molecule has 0 aliphatic carbocycles. The summed E-state index contributed by atoms with van der Waals surface area (Å²) in [5, 5.41) is 0. The molecule has 2 rings (SSSR count). The van der Waals surface area contributed by atoms with Crippen LogP contribution >= 0.6 is 22.4 Å². The standard InChI is InChI=1S/C5H10O3S.C5H8OS/c1-5-4-8-2-3-9(5,6)7;1-5-4-6-2-3-7-5/h4,6-7H,2-3H2,1H3;4H,2-3H2,1H3. The van der Waals surface area contributed by atoms with E-state index in [1.165, 1.54) is 11.2 Å². The Morgan fingerprint density at radius 3 is 2.19 bits per heavy atom. The lowest BCUT2D eigenvalue weighted by atomic mass is 10.7. The zero-order valence-corrected chi connectivity index (χ0v) is 11.1. The molecule has 16 heavy (non-hydrogen) atoms. The highest BCUT2D eigenvalue weighted by Crippen LogP contribution is 2.48. The van der Waals surface area contributed by atoms with Crippen molar-refractivity contribution in [1.29, 1.82) is 0 Å². The fourth-order valence-electron chi connectivity index (χ4n) is 1.04. The van der Waals surface area contributed by atoms with Crippen LogP contribution in [0.15, 0.2) is 22.3 Å². The van der Waals surface area contributed by atoms with Gasteiger partial charge in [-0.25, -0.2) is 0 Å². The average molecular weight is 266 g/mol. The lowest BCUT2D eigenvalue weighted by Gasteiger charge is -2.35. The number of hydrogen-bond acceptors (Lipinski definition) is 5. The summed E-state index contributed by atoms with van der Waals surface area (Å²) in [5.41, 5.74) is 0. The number of rotatable bonds is 0. The topological polar surface area (TPSA) is 58.9 Å². The van der Waals surface area contributed by atoms with Gasteiger partial charge in [0.2, 0.25) is 0 Å². The summed E-state index contributed by atoms with van der Waals surface area (Å²) in [6.07, 6.45) is 3.23.